The van der Waals surface area contributed by atoms with Crippen LogP contribution in [-0.4, -0.2) is 28.6 Å². The molecule has 0 saturated heterocycles. The first-order valence-corrected chi connectivity index (χ1v) is 6.50. The number of ether oxygens (including phenoxy) is 1. The standard InChI is InChI=1S/C12H19ClN2O2/c1-17-7-6-15-11(10(13)8-14-15)12(16)9-4-2-3-5-9/h8-9,12,16H,2-7H2,1H3. The van der Waals surface area contributed by atoms with Crippen molar-refractivity contribution in [2.75, 3.05) is 13.7 Å². The van der Waals surface area contributed by atoms with Gasteiger partial charge < -0.3 is 9.84 Å². The maximum absolute atomic E-state index is 10.4. The van der Waals surface area contributed by atoms with Crippen molar-refractivity contribution in [2.24, 2.45) is 5.92 Å². The highest BCUT2D eigenvalue weighted by atomic mass is 35.5. The molecule has 1 N–H and O–H groups in total. The topological polar surface area (TPSA) is 47.3 Å². The van der Waals surface area contributed by atoms with Gasteiger partial charge >= 0.3 is 0 Å². The molecule has 1 aliphatic carbocycles. The number of methoxy groups -OCH3 is 1. The molecular formula is C12H19ClN2O2. The van der Waals surface area contributed by atoms with E-state index in [0.717, 1.165) is 18.5 Å². The second-order valence-electron chi connectivity index (χ2n) is 4.58. The van der Waals surface area contributed by atoms with Crippen LogP contribution in [0.1, 0.15) is 37.5 Å². The van der Waals surface area contributed by atoms with Crippen LogP contribution in [0.15, 0.2) is 6.20 Å². The lowest BCUT2D eigenvalue weighted by molar-refractivity contribution is 0.0987. The van der Waals surface area contributed by atoms with Crippen molar-refractivity contribution in [1.82, 2.24) is 9.78 Å². The Morgan fingerprint density at radius 2 is 2.29 bits per heavy atom. The van der Waals surface area contributed by atoms with E-state index in [9.17, 15) is 5.11 Å². The Labute approximate surface area is 107 Å². The third kappa shape index (κ3) is 2.81. The molecule has 5 heteroatoms. The number of hydrogen-bond acceptors (Lipinski definition) is 3. The van der Waals surface area contributed by atoms with Gasteiger partial charge in [0.2, 0.25) is 0 Å². The van der Waals surface area contributed by atoms with Gasteiger partial charge in [-0.05, 0) is 18.8 Å². The van der Waals surface area contributed by atoms with Gasteiger partial charge in [0.05, 0.1) is 36.2 Å². The zero-order valence-corrected chi connectivity index (χ0v) is 10.9. The molecule has 1 aromatic rings. The molecule has 0 aliphatic heterocycles. The molecule has 0 spiro atoms. The van der Waals surface area contributed by atoms with Gasteiger partial charge in [-0.1, -0.05) is 24.4 Å². The smallest absolute Gasteiger partial charge is 0.0999 e. The molecule has 4 nitrogen and oxygen atoms in total. The second-order valence-corrected chi connectivity index (χ2v) is 4.99. The average molecular weight is 259 g/mol. The molecule has 1 atom stereocenters. The molecule has 17 heavy (non-hydrogen) atoms. The van der Waals surface area contributed by atoms with Gasteiger partial charge in [-0.15, -0.1) is 0 Å². The monoisotopic (exact) mass is 258 g/mol. The molecule has 0 aromatic carbocycles. The van der Waals surface area contributed by atoms with Gasteiger partial charge in [-0.25, -0.2) is 0 Å². The largest absolute Gasteiger partial charge is 0.386 e. The first kappa shape index (κ1) is 12.9. The fourth-order valence-corrected chi connectivity index (χ4v) is 2.77. The highest BCUT2D eigenvalue weighted by Gasteiger charge is 2.28. The molecule has 0 radical (unpaired) electrons. The zero-order valence-electron chi connectivity index (χ0n) is 10.1. The number of nitrogens with zero attached hydrogens (tertiary/aromatic N) is 2. The molecule has 1 unspecified atom stereocenters. The Hall–Kier alpha value is -0.580. The van der Waals surface area contributed by atoms with Crippen molar-refractivity contribution in [2.45, 2.75) is 38.3 Å². The number of aliphatic hydroxyl groups is 1. The van der Waals surface area contributed by atoms with Crippen LogP contribution in [0.3, 0.4) is 0 Å². The summed E-state index contributed by atoms with van der Waals surface area (Å²) in [4.78, 5) is 0. The van der Waals surface area contributed by atoms with E-state index in [0.29, 0.717) is 24.1 Å². The third-order valence-electron chi connectivity index (χ3n) is 3.47. The maximum atomic E-state index is 10.4. The van der Waals surface area contributed by atoms with Gasteiger partial charge in [-0.2, -0.15) is 5.10 Å². The number of halogens is 1. The minimum absolute atomic E-state index is 0.325. The molecule has 1 fully saturated rings. The number of hydrogen-bond donors (Lipinski definition) is 1. The van der Waals surface area contributed by atoms with E-state index < -0.39 is 6.10 Å². The Balaban J connectivity index is 2.14. The minimum atomic E-state index is -0.496. The molecule has 1 aliphatic rings. The van der Waals surface area contributed by atoms with Gasteiger partial charge in [0.25, 0.3) is 0 Å². The van der Waals surface area contributed by atoms with Crippen molar-refractivity contribution in [3.8, 4) is 0 Å². The zero-order chi connectivity index (χ0) is 12.3. The van der Waals surface area contributed by atoms with Gasteiger partial charge in [0, 0.05) is 7.11 Å². The second kappa shape index (κ2) is 5.85. The van der Waals surface area contributed by atoms with Crippen LogP contribution in [0.2, 0.25) is 5.02 Å². The summed E-state index contributed by atoms with van der Waals surface area (Å²) in [6, 6.07) is 0. The van der Waals surface area contributed by atoms with Crippen LogP contribution in [0, 0.1) is 5.92 Å². The summed E-state index contributed by atoms with van der Waals surface area (Å²) in [6.07, 6.45) is 5.66. The van der Waals surface area contributed by atoms with E-state index in [1.165, 1.54) is 12.8 Å². The Bertz CT molecular complexity index is 361. The van der Waals surface area contributed by atoms with Crippen LogP contribution in [0.5, 0.6) is 0 Å². The summed E-state index contributed by atoms with van der Waals surface area (Å²) < 4.78 is 6.79. The van der Waals surface area contributed by atoms with Crippen LogP contribution in [-0.2, 0) is 11.3 Å². The number of aromatic nitrogens is 2. The van der Waals surface area contributed by atoms with E-state index in [1.54, 1.807) is 18.0 Å². The predicted octanol–water partition coefficient (Wildman–Crippen LogP) is 2.41. The van der Waals surface area contributed by atoms with Crippen molar-refractivity contribution >= 4 is 11.6 Å². The Morgan fingerprint density at radius 1 is 1.59 bits per heavy atom. The lowest BCUT2D eigenvalue weighted by Gasteiger charge is -2.19. The quantitative estimate of drug-likeness (QED) is 0.882. The Kier molecular flexibility index (Phi) is 4.42. The lowest BCUT2D eigenvalue weighted by Crippen LogP contribution is -2.17. The van der Waals surface area contributed by atoms with E-state index >= 15 is 0 Å². The molecule has 0 bridgehead atoms. The fourth-order valence-electron chi connectivity index (χ4n) is 2.52. The van der Waals surface area contributed by atoms with Crippen LogP contribution in [0.25, 0.3) is 0 Å². The molecule has 1 saturated carbocycles. The minimum Gasteiger partial charge on any atom is -0.386 e. The maximum Gasteiger partial charge on any atom is 0.0999 e. The molecule has 0 amide bonds. The average Bonchev–Trinajstić information content (AvgIpc) is 2.95. The van der Waals surface area contributed by atoms with Crippen molar-refractivity contribution in [1.29, 1.82) is 0 Å². The van der Waals surface area contributed by atoms with Gasteiger partial charge in [0.1, 0.15) is 0 Å². The summed E-state index contributed by atoms with van der Waals surface area (Å²) in [7, 11) is 1.65. The SMILES string of the molecule is COCCn1ncc(Cl)c1C(O)C1CCCC1. The summed E-state index contributed by atoms with van der Waals surface area (Å²) in [5.41, 5.74) is 0.746. The first-order valence-electron chi connectivity index (χ1n) is 6.12. The lowest BCUT2D eigenvalue weighted by atomic mass is 9.98. The van der Waals surface area contributed by atoms with Crippen molar-refractivity contribution < 1.29 is 9.84 Å². The molecule has 1 aromatic heterocycles. The summed E-state index contributed by atoms with van der Waals surface area (Å²) in [5.74, 6) is 0.325. The highest BCUT2D eigenvalue weighted by molar-refractivity contribution is 6.31. The summed E-state index contributed by atoms with van der Waals surface area (Å²) in [5, 5.41) is 15.1. The van der Waals surface area contributed by atoms with E-state index in [4.69, 9.17) is 16.3 Å². The summed E-state index contributed by atoms with van der Waals surface area (Å²) >= 11 is 6.11. The van der Waals surface area contributed by atoms with E-state index in [1.807, 2.05) is 0 Å². The van der Waals surface area contributed by atoms with Crippen LogP contribution >= 0.6 is 11.6 Å². The predicted molar refractivity (Wildman–Crippen MR) is 66.0 cm³/mol. The molecular weight excluding hydrogens is 240 g/mol. The fraction of sp³-hybridized carbons (Fsp3) is 0.750. The summed E-state index contributed by atoms with van der Waals surface area (Å²) in [6.45, 7) is 1.20. The van der Waals surface area contributed by atoms with Crippen molar-refractivity contribution in [3.63, 3.8) is 0 Å². The first-order chi connectivity index (χ1) is 8.24. The Morgan fingerprint density at radius 3 is 2.94 bits per heavy atom. The number of aliphatic hydroxyl groups excluding tert-OH is 1. The van der Waals surface area contributed by atoms with Crippen LogP contribution in [0.4, 0.5) is 0 Å². The van der Waals surface area contributed by atoms with E-state index in [-0.39, 0.29) is 0 Å². The molecule has 2 rings (SSSR count). The molecule has 1 heterocycles. The highest BCUT2D eigenvalue weighted by Crippen LogP contribution is 2.37. The molecule has 96 valence electrons. The van der Waals surface area contributed by atoms with Gasteiger partial charge in [0.15, 0.2) is 0 Å². The normalized spacial score (nSPS) is 18.8. The van der Waals surface area contributed by atoms with Gasteiger partial charge in [-0.3, -0.25) is 4.68 Å². The van der Waals surface area contributed by atoms with Crippen LogP contribution < -0.4 is 0 Å². The van der Waals surface area contributed by atoms with Crippen molar-refractivity contribution in [3.05, 3.63) is 16.9 Å². The number of rotatable bonds is 5. The van der Waals surface area contributed by atoms with E-state index in [2.05, 4.69) is 5.10 Å². The third-order valence-corrected chi connectivity index (χ3v) is 3.76.